The quantitative estimate of drug-likeness (QED) is 0.636. The molecule has 2 nitrogen and oxygen atoms in total. The van der Waals surface area contributed by atoms with Crippen molar-refractivity contribution in [2.45, 2.75) is 13.0 Å². The Hall–Kier alpha value is -2.65. The van der Waals surface area contributed by atoms with Crippen LogP contribution in [0, 0.1) is 6.92 Å². The maximum absolute atomic E-state index is 5.69. The number of hydrogen-bond donors (Lipinski definition) is 1. The van der Waals surface area contributed by atoms with E-state index in [1.807, 2.05) is 31.3 Å². The van der Waals surface area contributed by atoms with Gasteiger partial charge in [0.15, 0.2) is 5.11 Å². The molecule has 0 aromatic heterocycles. The third kappa shape index (κ3) is 4.25. The molecule has 126 valence electrons. The Morgan fingerprint density at radius 3 is 1.92 bits per heavy atom. The molecular weight excluding hydrogens is 324 g/mol. The lowest BCUT2D eigenvalue weighted by Gasteiger charge is -2.31. The molecule has 3 aromatic carbocycles. The summed E-state index contributed by atoms with van der Waals surface area (Å²) in [6.45, 7) is 2.08. The molecule has 0 aliphatic heterocycles. The molecule has 0 bridgehead atoms. The number of thiocarbonyl (C=S) groups is 1. The molecule has 3 heteroatoms. The lowest BCUT2D eigenvalue weighted by molar-refractivity contribution is 0.434. The lowest BCUT2D eigenvalue weighted by Crippen LogP contribution is -2.35. The second-order valence-electron chi connectivity index (χ2n) is 6.13. The monoisotopic (exact) mass is 346 g/mol. The predicted octanol–water partition coefficient (Wildman–Crippen LogP) is 5.41. The topological polar surface area (TPSA) is 15.3 Å². The van der Waals surface area contributed by atoms with Crippen LogP contribution in [0.5, 0.6) is 0 Å². The highest BCUT2D eigenvalue weighted by Gasteiger charge is 2.21. The van der Waals surface area contributed by atoms with E-state index in [9.17, 15) is 0 Å². The van der Waals surface area contributed by atoms with Gasteiger partial charge in [0.25, 0.3) is 0 Å². The molecule has 25 heavy (non-hydrogen) atoms. The van der Waals surface area contributed by atoms with Gasteiger partial charge in [0.1, 0.15) is 0 Å². The number of hydrogen-bond acceptors (Lipinski definition) is 1. The Morgan fingerprint density at radius 2 is 1.40 bits per heavy atom. The minimum absolute atomic E-state index is 0.0622. The first kappa shape index (κ1) is 17.2. The second kappa shape index (κ2) is 7.95. The molecular formula is C22H22N2S. The Balaban J connectivity index is 1.89. The number of aryl methyl sites for hydroxylation is 1. The summed E-state index contributed by atoms with van der Waals surface area (Å²) in [5.74, 6) is 0. The SMILES string of the molecule is Cc1cccc(NC(=S)N(C)C(c2ccccc2)c2ccccc2)c1. The first-order valence-electron chi connectivity index (χ1n) is 8.35. The van der Waals surface area contributed by atoms with Gasteiger partial charge in [0, 0.05) is 12.7 Å². The molecule has 0 aliphatic rings. The van der Waals surface area contributed by atoms with Gasteiger partial charge in [-0.3, -0.25) is 0 Å². The van der Waals surface area contributed by atoms with Gasteiger partial charge in [-0.2, -0.15) is 0 Å². The molecule has 0 saturated heterocycles. The third-order valence-electron chi connectivity index (χ3n) is 4.21. The normalized spacial score (nSPS) is 10.5. The minimum atomic E-state index is 0.0622. The van der Waals surface area contributed by atoms with Gasteiger partial charge in [0.2, 0.25) is 0 Å². The lowest BCUT2D eigenvalue weighted by atomic mass is 9.98. The molecule has 0 spiro atoms. The highest BCUT2D eigenvalue weighted by Crippen LogP contribution is 2.28. The van der Waals surface area contributed by atoms with Crippen molar-refractivity contribution in [3.63, 3.8) is 0 Å². The van der Waals surface area contributed by atoms with E-state index in [1.165, 1.54) is 16.7 Å². The molecule has 0 saturated carbocycles. The first-order valence-corrected chi connectivity index (χ1v) is 8.76. The summed E-state index contributed by atoms with van der Waals surface area (Å²) in [7, 11) is 2.04. The Labute approximate surface area is 155 Å². The number of benzene rings is 3. The van der Waals surface area contributed by atoms with E-state index in [-0.39, 0.29) is 6.04 Å². The summed E-state index contributed by atoms with van der Waals surface area (Å²) in [5, 5.41) is 4.06. The van der Waals surface area contributed by atoms with Crippen molar-refractivity contribution in [3.8, 4) is 0 Å². The van der Waals surface area contributed by atoms with Crippen molar-refractivity contribution in [1.82, 2.24) is 4.90 Å². The largest absolute Gasteiger partial charge is 0.341 e. The molecule has 0 radical (unpaired) electrons. The zero-order valence-electron chi connectivity index (χ0n) is 14.5. The van der Waals surface area contributed by atoms with Crippen LogP contribution in [0.2, 0.25) is 0 Å². The average Bonchev–Trinajstić information content (AvgIpc) is 2.63. The van der Waals surface area contributed by atoms with Crippen LogP contribution in [0.3, 0.4) is 0 Å². The highest BCUT2D eigenvalue weighted by atomic mass is 32.1. The number of nitrogens with zero attached hydrogens (tertiary/aromatic N) is 1. The standard InChI is InChI=1S/C22H22N2S/c1-17-10-9-15-20(16-17)23-22(25)24(2)21(18-11-5-3-6-12-18)19-13-7-4-8-14-19/h3-16,21H,1-2H3,(H,23,25). The van der Waals surface area contributed by atoms with Crippen molar-refractivity contribution in [1.29, 1.82) is 0 Å². The Kier molecular flexibility index (Phi) is 5.46. The van der Waals surface area contributed by atoms with E-state index in [4.69, 9.17) is 12.2 Å². The summed E-state index contributed by atoms with van der Waals surface area (Å²) >= 11 is 5.69. The molecule has 3 rings (SSSR count). The van der Waals surface area contributed by atoms with Crippen LogP contribution in [0.4, 0.5) is 5.69 Å². The molecule has 0 aliphatic carbocycles. The van der Waals surface area contributed by atoms with Gasteiger partial charge in [-0.05, 0) is 48.0 Å². The third-order valence-corrected chi connectivity index (χ3v) is 4.60. The van der Waals surface area contributed by atoms with Crippen LogP contribution in [-0.2, 0) is 0 Å². The summed E-state index contributed by atoms with van der Waals surface area (Å²) < 4.78 is 0. The van der Waals surface area contributed by atoms with E-state index in [2.05, 4.69) is 77.8 Å². The van der Waals surface area contributed by atoms with Crippen molar-refractivity contribution >= 4 is 23.0 Å². The zero-order valence-corrected chi connectivity index (χ0v) is 15.3. The fraction of sp³-hybridized carbons (Fsp3) is 0.136. The molecule has 3 aromatic rings. The van der Waals surface area contributed by atoms with Crippen molar-refractivity contribution in [2.24, 2.45) is 0 Å². The van der Waals surface area contributed by atoms with Gasteiger partial charge in [-0.15, -0.1) is 0 Å². The molecule has 0 unspecified atom stereocenters. The van der Waals surface area contributed by atoms with Gasteiger partial charge in [-0.25, -0.2) is 0 Å². The average molecular weight is 346 g/mol. The zero-order chi connectivity index (χ0) is 17.6. The van der Waals surface area contributed by atoms with Crippen molar-refractivity contribution in [3.05, 3.63) is 102 Å². The molecule has 1 N–H and O–H groups in total. The minimum Gasteiger partial charge on any atom is -0.341 e. The Morgan fingerprint density at radius 1 is 0.840 bits per heavy atom. The van der Waals surface area contributed by atoms with Crippen LogP contribution in [0.25, 0.3) is 0 Å². The maximum Gasteiger partial charge on any atom is 0.173 e. The maximum atomic E-state index is 5.69. The van der Waals surface area contributed by atoms with Crippen molar-refractivity contribution < 1.29 is 0 Å². The molecule has 0 atom stereocenters. The summed E-state index contributed by atoms with van der Waals surface area (Å²) in [6.07, 6.45) is 0. The van der Waals surface area contributed by atoms with Crippen LogP contribution >= 0.6 is 12.2 Å². The van der Waals surface area contributed by atoms with E-state index in [1.54, 1.807) is 0 Å². The van der Waals surface area contributed by atoms with Gasteiger partial charge in [0.05, 0.1) is 6.04 Å². The second-order valence-corrected chi connectivity index (χ2v) is 6.52. The van der Waals surface area contributed by atoms with Gasteiger partial charge < -0.3 is 10.2 Å². The van der Waals surface area contributed by atoms with E-state index in [0.717, 1.165) is 5.69 Å². The number of anilines is 1. The number of nitrogens with one attached hydrogen (secondary N) is 1. The van der Waals surface area contributed by atoms with Crippen LogP contribution in [-0.4, -0.2) is 17.1 Å². The first-order chi connectivity index (χ1) is 12.1. The van der Waals surface area contributed by atoms with Crippen LogP contribution in [0.15, 0.2) is 84.9 Å². The smallest absolute Gasteiger partial charge is 0.173 e. The van der Waals surface area contributed by atoms with E-state index >= 15 is 0 Å². The van der Waals surface area contributed by atoms with E-state index < -0.39 is 0 Å². The number of rotatable bonds is 4. The summed E-state index contributed by atoms with van der Waals surface area (Å²) in [4.78, 5) is 2.11. The van der Waals surface area contributed by atoms with Gasteiger partial charge >= 0.3 is 0 Å². The van der Waals surface area contributed by atoms with Crippen molar-refractivity contribution in [2.75, 3.05) is 12.4 Å². The predicted molar refractivity (Wildman–Crippen MR) is 110 cm³/mol. The fourth-order valence-corrected chi connectivity index (χ4v) is 3.19. The molecule has 0 fully saturated rings. The fourth-order valence-electron chi connectivity index (χ4n) is 2.96. The molecule has 0 amide bonds. The van der Waals surface area contributed by atoms with Crippen LogP contribution in [0.1, 0.15) is 22.7 Å². The van der Waals surface area contributed by atoms with Gasteiger partial charge in [-0.1, -0.05) is 72.8 Å². The summed E-state index contributed by atoms with van der Waals surface area (Å²) in [6, 6.07) is 29.2. The van der Waals surface area contributed by atoms with Crippen LogP contribution < -0.4 is 5.32 Å². The van der Waals surface area contributed by atoms with E-state index in [0.29, 0.717) is 5.11 Å². The molecule has 0 heterocycles. The summed E-state index contributed by atoms with van der Waals surface area (Å²) in [5.41, 5.74) is 4.64. The Bertz CT molecular complexity index is 791. The highest BCUT2D eigenvalue weighted by molar-refractivity contribution is 7.80.